The molecule has 0 aromatic heterocycles. The molecule has 0 saturated carbocycles. The molecule has 1 aliphatic rings. The van der Waals surface area contributed by atoms with Crippen LogP contribution in [0.3, 0.4) is 0 Å². The number of aryl methyl sites for hydroxylation is 1. The van der Waals surface area contributed by atoms with Crippen LogP contribution in [0.1, 0.15) is 17.5 Å². The van der Waals surface area contributed by atoms with Crippen molar-refractivity contribution >= 4 is 10.1 Å². The van der Waals surface area contributed by atoms with E-state index in [1.807, 2.05) is 12.1 Å². The molecule has 0 saturated heterocycles. The minimum absolute atomic E-state index is 0. The van der Waals surface area contributed by atoms with Gasteiger partial charge in [0.2, 0.25) is 0 Å². The van der Waals surface area contributed by atoms with Gasteiger partial charge in [-0.1, -0.05) is 24.3 Å². The molecule has 0 radical (unpaired) electrons. The third kappa shape index (κ3) is 2.50. The van der Waals surface area contributed by atoms with Crippen LogP contribution in [0.5, 0.6) is 0 Å². The molecule has 2 N–H and O–H groups in total. The Morgan fingerprint density at radius 1 is 1.19 bits per heavy atom. The first-order valence-corrected chi connectivity index (χ1v) is 6.13. The summed E-state index contributed by atoms with van der Waals surface area (Å²) in [6, 6.07) is 7.33. The summed E-state index contributed by atoms with van der Waals surface area (Å²) in [5, 5.41) is 9.82. The van der Waals surface area contributed by atoms with Crippen LogP contribution < -0.4 is 29.6 Å². The van der Waals surface area contributed by atoms with Crippen LogP contribution in [0.15, 0.2) is 24.3 Å². The molecule has 0 spiro atoms. The molecule has 1 unspecified atom stereocenters. The van der Waals surface area contributed by atoms with Gasteiger partial charge >= 0.3 is 29.6 Å². The molecule has 2 rings (SSSR count). The van der Waals surface area contributed by atoms with E-state index in [4.69, 9.17) is 4.55 Å². The monoisotopic (exact) mass is 251 g/mol. The number of rotatable bonds is 1. The molecule has 4 nitrogen and oxygen atoms in total. The normalized spacial score (nSPS) is 24.4. The average molecular weight is 251 g/mol. The number of hydrogen-bond donors (Lipinski definition) is 2. The number of aliphatic hydroxyl groups is 1. The third-order valence-electron chi connectivity index (χ3n) is 2.85. The van der Waals surface area contributed by atoms with Crippen molar-refractivity contribution in [3.8, 4) is 0 Å². The van der Waals surface area contributed by atoms with Crippen LogP contribution in [-0.2, 0) is 23.0 Å². The summed E-state index contributed by atoms with van der Waals surface area (Å²) in [4.78, 5) is -2.01. The summed E-state index contributed by atoms with van der Waals surface area (Å²) in [7, 11) is -4.41. The first-order valence-electron chi connectivity index (χ1n) is 4.69. The van der Waals surface area contributed by atoms with Gasteiger partial charge in [-0.05, 0) is 24.0 Å². The molecule has 0 amide bonds. The molecule has 1 atom stereocenters. The van der Waals surface area contributed by atoms with Crippen molar-refractivity contribution in [3.63, 3.8) is 0 Å². The van der Waals surface area contributed by atoms with Crippen LogP contribution in [0.2, 0.25) is 0 Å². The van der Waals surface area contributed by atoms with E-state index in [9.17, 15) is 13.5 Å². The van der Waals surface area contributed by atoms with E-state index < -0.39 is 15.1 Å². The zero-order valence-corrected chi connectivity index (χ0v) is 11.9. The molecule has 82 valence electrons. The van der Waals surface area contributed by atoms with Crippen LogP contribution in [0.4, 0.5) is 0 Å². The van der Waals surface area contributed by atoms with E-state index in [1.165, 1.54) is 0 Å². The van der Waals surface area contributed by atoms with E-state index in [-0.39, 0.29) is 42.4 Å². The molecule has 0 bridgehead atoms. The van der Waals surface area contributed by atoms with Gasteiger partial charge in [0, 0.05) is 6.42 Å². The molecule has 1 aliphatic carbocycles. The van der Waals surface area contributed by atoms with Crippen LogP contribution in [0.25, 0.3) is 0 Å². The van der Waals surface area contributed by atoms with E-state index in [1.54, 1.807) is 12.1 Å². The summed E-state index contributed by atoms with van der Waals surface area (Å²) < 4.78 is 31.0. The van der Waals surface area contributed by atoms with Crippen molar-refractivity contribution in [2.24, 2.45) is 0 Å². The van der Waals surface area contributed by atoms with Gasteiger partial charge in [-0.25, -0.2) is 0 Å². The minimum Gasteiger partial charge on any atom is -0.372 e. The van der Waals surface area contributed by atoms with Crippen molar-refractivity contribution in [2.75, 3.05) is 0 Å². The molecule has 6 heteroatoms. The molecule has 1 aromatic carbocycles. The van der Waals surface area contributed by atoms with Gasteiger partial charge in [-0.3, -0.25) is 4.55 Å². The maximum atomic E-state index is 11.0. The summed E-state index contributed by atoms with van der Waals surface area (Å²) in [6.45, 7) is 0. The largest absolute Gasteiger partial charge is 1.00 e. The summed E-state index contributed by atoms with van der Waals surface area (Å²) in [6.07, 6.45) is 0.470. The third-order valence-corrected chi connectivity index (χ3v) is 4.16. The second kappa shape index (κ2) is 4.76. The molecular weight excluding hydrogens is 239 g/mol. The maximum absolute atomic E-state index is 11.0. The minimum atomic E-state index is -4.41. The topological polar surface area (TPSA) is 74.6 Å². The Balaban J connectivity index is 0.00000128. The second-order valence-electron chi connectivity index (χ2n) is 3.87. The average Bonchev–Trinajstić information content (AvgIpc) is 2.16. The van der Waals surface area contributed by atoms with Gasteiger partial charge in [0.05, 0.1) is 0 Å². The van der Waals surface area contributed by atoms with Crippen molar-refractivity contribution in [2.45, 2.75) is 24.2 Å². The van der Waals surface area contributed by atoms with E-state index in [0.29, 0.717) is 6.42 Å². The van der Waals surface area contributed by atoms with Crippen LogP contribution >= 0.6 is 0 Å². The predicted octanol–water partition coefficient (Wildman–Crippen LogP) is -2.24. The van der Waals surface area contributed by atoms with Gasteiger partial charge in [-0.2, -0.15) is 8.42 Å². The SMILES string of the molecule is O=S(=O)(O)C1(O)CCc2ccccc2C1.[Na+]. The Hall–Kier alpha value is 0.0900. The van der Waals surface area contributed by atoms with Gasteiger partial charge in [0.1, 0.15) is 0 Å². The molecule has 0 fully saturated rings. The first-order chi connectivity index (χ1) is 6.92. The second-order valence-corrected chi connectivity index (χ2v) is 5.58. The van der Waals surface area contributed by atoms with Gasteiger partial charge in [0.25, 0.3) is 10.1 Å². The predicted molar refractivity (Wildman–Crippen MR) is 55.0 cm³/mol. The number of fused-ring (bicyclic) bond motifs is 1. The molecule has 1 aromatic rings. The van der Waals surface area contributed by atoms with Crippen molar-refractivity contribution in [1.82, 2.24) is 0 Å². The molecule has 0 aliphatic heterocycles. The Bertz CT molecular complexity index is 485. The standard InChI is InChI=1S/C10H12O4S.Na/c11-10(15(12,13)14)6-5-8-3-1-2-4-9(8)7-10;/h1-4,11H,5-7H2,(H,12,13,14);/q;+1. The van der Waals surface area contributed by atoms with Gasteiger partial charge in [-0.15, -0.1) is 0 Å². The zero-order chi connectivity index (χ0) is 11.1. The summed E-state index contributed by atoms with van der Waals surface area (Å²) in [5.74, 6) is 0. The molecule has 16 heavy (non-hydrogen) atoms. The quantitative estimate of drug-likeness (QED) is 0.437. The first kappa shape index (κ1) is 14.2. The maximum Gasteiger partial charge on any atom is 1.00 e. The Morgan fingerprint density at radius 2 is 1.75 bits per heavy atom. The zero-order valence-electron chi connectivity index (χ0n) is 9.05. The fourth-order valence-electron chi connectivity index (χ4n) is 1.91. The summed E-state index contributed by atoms with van der Waals surface area (Å²) >= 11 is 0. The van der Waals surface area contributed by atoms with Crippen LogP contribution in [0, 0.1) is 0 Å². The van der Waals surface area contributed by atoms with E-state index in [2.05, 4.69) is 0 Å². The van der Waals surface area contributed by atoms with Gasteiger partial charge < -0.3 is 5.11 Å². The van der Waals surface area contributed by atoms with E-state index in [0.717, 1.165) is 11.1 Å². The van der Waals surface area contributed by atoms with Gasteiger partial charge in [0.15, 0.2) is 4.93 Å². The smallest absolute Gasteiger partial charge is 0.372 e. The van der Waals surface area contributed by atoms with Crippen molar-refractivity contribution in [1.29, 1.82) is 0 Å². The fourth-order valence-corrected chi connectivity index (χ4v) is 2.61. The number of hydrogen-bond acceptors (Lipinski definition) is 3. The van der Waals surface area contributed by atoms with E-state index >= 15 is 0 Å². The Labute approximate surface area is 117 Å². The summed E-state index contributed by atoms with van der Waals surface area (Å²) in [5.41, 5.74) is 1.81. The van der Waals surface area contributed by atoms with Crippen molar-refractivity contribution in [3.05, 3.63) is 35.4 Å². The molecule has 0 heterocycles. The van der Waals surface area contributed by atoms with Crippen molar-refractivity contribution < 1.29 is 47.6 Å². The Kier molecular flexibility index (Phi) is 4.21. The van der Waals surface area contributed by atoms with Crippen LogP contribution in [-0.4, -0.2) is 23.0 Å². The molecular formula is C10H12NaO4S+. The number of benzene rings is 1. The Morgan fingerprint density at radius 3 is 2.31 bits per heavy atom. The fraction of sp³-hybridized carbons (Fsp3) is 0.400.